The first-order chi connectivity index (χ1) is 31.2. The van der Waals surface area contributed by atoms with E-state index in [1.54, 1.807) is 0 Å². The highest BCUT2D eigenvalue weighted by Gasteiger charge is 2.35. The summed E-state index contributed by atoms with van der Waals surface area (Å²) in [6.45, 7) is 48.8. The molecule has 3 radical (unpaired) electrons. The fourth-order valence-electron chi connectivity index (χ4n) is 10.0. The van der Waals surface area contributed by atoms with Crippen LogP contribution in [0.2, 0.25) is 96.7 Å². The SMILES string of the molecule is CCOC(CCN1CCC[Si](C)(C)OC(COCC(COCC2CN(CCC(OCC)[Si](C)C)CCC[Si](C)(C)O2)OCC2CN(CCC(OCC)[Si](C)C)CCC[Si](C)(C)O2)C1)[Si](C)C. The van der Waals surface area contributed by atoms with Gasteiger partial charge in [0.1, 0.15) is 6.10 Å². The first kappa shape index (κ1) is 61.1. The lowest BCUT2D eigenvalue weighted by Crippen LogP contribution is -2.49. The number of rotatable bonds is 29. The van der Waals surface area contributed by atoms with Crippen molar-refractivity contribution in [1.82, 2.24) is 14.7 Å². The molecule has 0 spiro atoms. The van der Waals surface area contributed by atoms with Crippen molar-refractivity contribution in [2.45, 2.75) is 198 Å². The van der Waals surface area contributed by atoms with Gasteiger partial charge in [0.25, 0.3) is 0 Å². The molecule has 18 heteroatoms. The van der Waals surface area contributed by atoms with Crippen LogP contribution in [0, 0.1) is 0 Å². The first-order valence-corrected chi connectivity index (χ1v) is 43.5. The second-order valence-electron chi connectivity index (χ2n) is 22.2. The van der Waals surface area contributed by atoms with Crippen molar-refractivity contribution in [1.29, 1.82) is 0 Å². The van der Waals surface area contributed by atoms with Crippen LogP contribution in [0.3, 0.4) is 0 Å². The third-order valence-electron chi connectivity index (χ3n) is 13.5. The van der Waals surface area contributed by atoms with E-state index in [2.05, 4.69) is 114 Å². The summed E-state index contributed by atoms with van der Waals surface area (Å²) in [4.78, 5) is 7.83. The number of hydrogen-bond donors (Lipinski definition) is 0. The van der Waals surface area contributed by atoms with Gasteiger partial charge in [0.2, 0.25) is 0 Å². The molecule has 0 aliphatic carbocycles. The second-order valence-corrected chi connectivity index (χ2v) is 43.3. The standard InChI is InChI=1S/C48H104N3O9Si6/c1-16-54-46(61(4)5)22-28-49-25-19-31-64(10,11)58-42(34-49)37-52-39-45(57-41-44-36-51(27-21-33-66(14,15)60-44)30-24-48(56-18-3)63(8)9)40-53-38-43-35-50(26-20-32-65(12,13)59-43)29-23-47(55-17-2)62(6)7/h42-48H,16-41H2,1-15H3. The summed E-state index contributed by atoms with van der Waals surface area (Å²) in [6.07, 6.45) is 6.62. The Morgan fingerprint density at radius 3 is 1.06 bits per heavy atom. The smallest absolute Gasteiger partial charge is 0.187 e. The summed E-state index contributed by atoms with van der Waals surface area (Å²) in [7, 11) is -7.11. The molecular weight excluding hydrogens is 931 g/mol. The molecule has 3 rings (SSSR count). The van der Waals surface area contributed by atoms with Crippen LogP contribution in [-0.4, -0.2) is 219 Å². The molecule has 3 aliphatic rings. The van der Waals surface area contributed by atoms with Gasteiger partial charge in [-0.3, -0.25) is 0 Å². The molecule has 12 nitrogen and oxygen atoms in total. The van der Waals surface area contributed by atoms with Gasteiger partial charge in [-0.15, -0.1) is 0 Å². The summed E-state index contributed by atoms with van der Waals surface area (Å²) < 4.78 is 59.9. The van der Waals surface area contributed by atoms with Gasteiger partial charge in [0.05, 0.1) is 77.7 Å². The maximum absolute atomic E-state index is 7.03. The molecule has 3 heterocycles. The lowest BCUT2D eigenvalue weighted by atomic mass is 10.2. The van der Waals surface area contributed by atoms with Gasteiger partial charge >= 0.3 is 0 Å². The second kappa shape index (κ2) is 32.1. The highest BCUT2D eigenvalue weighted by atomic mass is 28.4. The molecule has 0 aromatic rings. The normalized spacial score (nSPS) is 26.0. The molecule has 0 aromatic carbocycles. The Morgan fingerprint density at radius 1 is 0.470 bits per heavy atom. The van der Waals surface area contributed by atoms with Gasteiger partial charge in [0.15, 0.2) is 25.0 Å². The molecule has 3 saturated heterocycles. The fraction of sp³-hybridized carbons (Fsp3) is 1.00. The van der Waals surface area contributed by atoms with E-state index in [1.807, 2.05) is 0 Å². The average molecular weight is 1040 g/mol. The molecular formula is C48H104N3O9Si6. The first-order valence-electron chi connectivity index (χ1n) is 26.5. The van der Waals surface area contributed by atoms with Crippen molar-refractivity contribution in [2.24, 2.45) is 0 Å². The van der Waals surface area contributed by atoms with Gasteiger partial charge in [-0.25, -0.2) is 0 Å². The van der Waals surface area contributed by atoms with Crippen molar-refractivity contribution in [3.63, 3.8) is 0 Å². The van der Waals surface area contributed by atoms with Crippen LogP contribution in [0.25, 0.3) is 0 Å². The number of hydrogen-bond acceptors (Lipinski definition) is 12. The minimum atomic E-state index is -1.85. The molecule has 0 aromatic heterocycles. The molecule has 6 unspecified atom stereocenters. The maximum atomic E-state index is 7.03. The molecule has 3 fully saturated rings. The van der Waals surface area contributed by atoms with Crippen molar-refractivity contribution in [2.75, 3.05) is 112 Å². The van der Waals surface area contributed by atoms with E-state index < -0.39 is 51.3 Å². The molecule has 66 heavy (non-hydrogen) atoms. The van der Waals surface area contributed by atoms with E-state index in [0.717, 1.165) is 104 Å². The topological polar surface area (TPSA) is 92.8 Å². The number of ether oxygens (including phenoxy) is 6. The monoisotopic (exact) mass is 1030 g/mol. The van der Waals surface area contributed by atoms with E-state index in [0.29, 0.717) is 50.2 Å². The van der Waals surface area contributed by atoms with Gasteiger partial charge in [0, 0.05) is 76.3 Å². The largest absolute Gasteiger partial charge is 0.411 e. The highest BCUT2D eigenvalue weighted by molar-refractivity contribution is 6.72. The summed E-state index contributed by atoms with van der Waals surface area (Å²) in [5.41, 5.74) is 1.13. The van der Waals surface area contributed by atoms with Crippen molar-refractivity contribution < 1.29 is 41.7 Å². The van der Waals surface area contributed by atoms with Gasteiger partial charge in [-0.1, -0.05) is 39.3 Å². The Bertz CT molecular complexity index is 1200. The van der Waals surface area contributed by atoms with Crippen LogP contribution < -0.4 is 0 Å². The van der Waals surface area contributed by atoms with Crippen LogP contribution in [0.4, 0.5) is 0 Å². The summed E-state index contributed by atoms with van der Waals surface area (Å²) in [5, 5.41) is 0. The van der Waals surface area contributed by atoms with Crippen LogP contribution in [0.5, 0.6) is 0 Å². The predicted octanol–water partition coefficient (Wildman–Crippen LogP) is 8.56. The molecule has 0 bridgehead atoms. The quantitative estimate of drug-likeness (QED) is 0.0673. The lowest BCUT2D eigenvalue weighted by molar-refractivity contribution is -0.0987. The Hall–Kier alpha value is 0.821. The fourth-order valence-corrected chi connectivity index (χ4v) is 20.1. The maximum Gasteiger partial charge on any atom is 0.187 e. The van der Waals surface area contributed by atoms with Crippen LogP contribution in [-0.2, 0) is 41.7 Å². The van der Waals surface area contributed by atoms with Crippen molar-refractivity contribution >= 4 is 51.3 Å². The molecule has 389 valence electrons. The minimum Gasteiger partial charge on any atom is -0.411 e. The Labute approximate surface area is 415 Å². The molecule has 0 amide bonds. The Balaban J connectivity index is 1.76. The number of nitrogens with zero attached hydrogens (tertiary/aromatic N) is 3. The van der Waals surface area contributed by atoms with Crippen LogP contribution >= 0.6 is 0 Å². The van der Waals surface area contributed by atoms with E-state index in [9.17, 15) is 0 Å². The van der Waals surface area contributed by atoms with Crippen LogP contribution in [0.15, 0.2) is 0 Å². The van der Waals surface area contributed by atoms with E-state index >= 15 is 0 Å². The van der Waals surface area contributed by atoms with Crippen LogP contribution in [0.1, 0.15) is 59.3 Å². The van der Waals surface area contributed by atoms with E-state index in [4.69, 9.17) is 41.7 Å². The van der Waals surface area contributed by atoms with Crippen molar-refractivity contribution in [3.05, 3.63) is 0 Å². The molecule has 6 atom stereocenters. The molecule has 0 N–H and O–H groups in total. The Kier molecular flexibility index (Phi) is 29.7. The van der Waals surface area contributed by atoms with E-state index in [-0.39, 0.29) is 24.4 Å². The highest BCUT2D eigenvalue weighted by Crippen LogP contribution is 2.25. The van der Waals surface area contributed by atoms with Gasteiger partial charge in [-0.2, -0.15) is 0 Å². The molecule has 3 aliphatic heterocycles. The third-order valence-corrected chi connectivity index (χ3v) is 26.3. The zero-order chi connectivity index (χ0) is 48.8. The lowest BCUT2D eigenvalue weighted by Gasteiger charge is -2.38. The molecule has 0 saturated carbocycles. The zero-order valence-corrected chi connectivity index (χ0v) is 51.4. The predicted molar refractivity (Wildman–Crippen MR) is 289 cm³/mol. The average Bonchev–Trinajstić information content (AvgIpc) is 3.20. The summed E-state index contributed by atoms with van der Waals surface area (Å²) >= 11 is 0. The van der Waals surface area contributed by atoms with Gasteiger partial charge < -0.3 is 56.4 Å². The zero-order valence-electron chi connectivity index (χ0n) is 45.4. The van der Waals surface area contributed by atoms with Gasteiger partial charge in [-0.05, 0) is 136 Å². The third kappa shape index (κ3) is 25.5. The van der Waals surface area contributed by atoms with Crippen molar-refractivity contribution in [3.8, 4) is 0 Å². The van der Waals surface area contributed by atoms with E-state index in [1.165, 1.54) is 31.4 Å². The Morgan fingerprint density at radius 2 is 0.773 bits per heavy atom. The minimum absolute atomic E-state index is 0.00108. The summed E-state index contributed by atoms with van der Waals surface area (Å²) in [6, 6.07) is 3.50. The summed E-state index contributed by atoms with van der Waals surface area (Å²) in [5.74, 6) is 0.